The molecule has 1 aromatic heterocycles. The van der Waals surface area contributed by atoms with Gasteiger partial charge in [-0.25, -0.2) is 4.79 Å². The average molecular weight is 372 g/mol. The van der Waals surface area contributed by atoms with Gasteiger partial charge in [-0.3, -0.25) is 4.79 Å². The van der Waals surface area contributed by atoms with E-state index in [1.807, 2.05) is 25.1 Å². The molecule has 0 bridgehead atoms. The molecule has 1 N–H and O–H groups in total. The smallest absolute Gasteiger partial charge is 0.379 e. The number of rotatable bonds is 5. The van der Waals surface area contributed by atoms with Crippen molar-refractivity contribution in [3.8, 4) is 11.8 Å². The van der Waals surface area contributed by atoms with E-state index in [0.29, 0.717) is 17.0 Å². The van der Waals surface area contributed by atoms with Crippen LogP contribution in [0.3, 0.4) is 0 Å². The molecule has 6 heteroatoms. The lowest BCUT2D eigenvalue weighted by Crippen LogP contribution is -2.13. The summed E-state index contributed by atoms with van der Waals surface area (Å²) in [5, 5.41) is 12.0. The van der Waals surface area contributed by atoms with E-state index in [9.17, 15) is 14.9 Å². The van der Waals surface area contributed by atoms with Crippen LogP contribution in [-0.2, 0) is 4.79 Å². The van der Waals surface area contributed by atoms with Gasteiger partial charge in [-0.1, -0.05) is 29.8 Å². The Hall–Kier alpha value is -4.11. The van der Waals surface area contributed by atoms with Crippen LogP contribution in [0.4, 0.5) is 5.69 Å². The summed E-state index contributed by atoms with van der Waals surface area (Å²) in [4.78, 5) is 24.1. The van der Waals surface area contributed by atoms with Crippen LogP contribution in [0.15, 0.2) is 76.9 Å². The van der Waals surface area contributed by atoms with Crippen LogP contribution in [0.1, 0.15) is 21.7 Å². The summed E-state index contributed by atoms with van der Waals surface area (Å²) in [5.41, 5.74) is 2.26. The number of furan rings is 1. The summed E-state index contributed by atoms with van der Waals surface area (Å²) in [6.45, 7) is 1.95. The molecule has 2 aromatic carbocycles. The van der Waals surface area contributed by atoms with E-state index < -0.39 is 11.9 Å². The lowest BCUT2D eigenvalue weighted by molar-refractivity contribution is -0.112. The number of ether oxygens (including phenoxy) is 1. The predicted molar refractivity (Wildman–Crippen MR) is 104 cm³/mol. The third-order valence-electron chi connectivity index (χ3n) is 3.80. The van der Waals surface area contributed by atoms with Gasteiger partial charge in [0.2, 0.25) is 5.76 Å². The zero-order chi connectivity index (χ0) is 19.9. The van der Waals surface area contributed by atoms with E-state index in [1.165, 1.54) is 18.4 Å². The average Bonchev–Trinajstić information content (AvgIpc) is 3.24. The number of carbonyl (C=O) groups is 2. The van der Waals surface area contributed by atoms with Gasteiger partial charge in [0.25, 0.3) is 5.91 Å². The Morgan fingerprint density at radius 3 is 2.39 bits per heavy atom. The number of amides is 1. The molecule has 0 aliphatic carbocycles. The van der Waals surface area contributed by atoms with E-state index in [2.05, 4.69) is 5.32 Å². The minimum absolute atomic E-state index is 0.0408. The molecule has 0 spiro atoms. The van der Waals surface area contributed by atoms with Crippen molar-refractivity contribution in [1.29, 1.82) is 5.26 Å². The van der Waals surface area contributed by atoms with Crippen molar-refractivity contribution in [2.24, 2.45) is 0 Å². The number of nitrogens with one attached hydrogen (secondary N) is 1. The van der Waals surface area contributed by atoms with Crippen molar-refractivity contribution in [2.75, 3.05) is 5.32 Å². The van der Waals surface area contributed by atoms with E-state index in [1.54, 1.807) is 42.5 Å². The molecular formula is C22H16N2O4. The van der Waals surface area contributed by atoms with Gasteiger partial charge in [0.05, 0.1) is 6.26 Å². The van der Waals surface area contributed by atoms with Crippen molar-refractivity contribution in [1.82, 2.24) is 0 Å². The minimum atomic E-state index is -0.608. The van der Waals surface area contributed by atoms with E-state index >= 15 is 0 Å². The van der Waals surface area contributed by atoms with Gasteiger partial charge in [-0.2, -0.15) is 5.26 Å². The topological polar surface area (TPSA) is 92.3 Å². The normalized spacial score (nSPS) is 10.8. The number of aryl methyl sites for hydroxylation is 1. The maximum Gasteiger partial charge on any atom is 0.379 e. The van der Waals surface area contributed by atoms with E-state index in [-0.39, 0.29) is 11.3 Å². The van der Waals surface area contributed by atoms with Crippen LogP contribution in [-0.4, -0.2) is 11.9 Å². The second kappa shape index (κ2) is 8.52. The van der Waals surface area contributed by atoms with Crippen molar-refractivity contribution < 1.29 is 18.7 Å². The van der Waals surface area contributed by atoms with Crippen LogP contribution < -0.4 is 10.1 Å². The molecular weight excluding hydrogens is 356 g/mol. The Kier molecular flexibility index (Phi) is 5.68. The van der Waals surface area contributed by atoms with Gasteiger partial charge in [-0.15, -0.1) is 0 Å². The molecule has 1 heterocycles. The molecule has 0 atom stereocenters. The maximum absolute atomic E-state index is 12.3. The summed E-state index contributed by atoms with van der Waals surface area (Å²) < 4.78 is 10.2. The third-order valence-corrected chi connectivity index (χ3v) is 3.80. The second-order valence-electron chi connectivity index (χ2n) is 5.93. The van der Waals surface area contributed by atoms with Crippen molar-refractivity contribution in [2.45, 2.75) is 6.92 Å². The molecule has 1 amide bonds. The predicted octanol–water partition coefficient (Wildman–Crippen LogP) is 4.35. The first-order valence-electron chi connectivity index (χ1n) is 8.41. The first kappa shape index (κ1) is 18.7. The maximum atomic E-state index is 12.3. The fourth-order valence-corrected chi connectivity index (χ4v) is 2.33. The van der Waals surface area contributed by atoms with Crippen LogP contribution in [0, 0.1) is 18.3 Å². The Balaban J connectivity index is 1.68. The summed E-state index contributed by atoms with van der Waals surface area (Å²) in [6, 6.07) is 18.7. The summed E-state index contributed by atoms with van der Waals surface area (Å²) in [6.07, 6.45) is 2.84. The summed E-state index contributed by atoms with van der Waals surface area (Å²) in [7, 11) is 0. The number of esters is 1. The van der Waals surface area contributed by atoms with E-state index in [4.69, 9.17) is 9.15 Å². The molecule has 28 heavy (non-hydrogen) atoms. The molecule has 0 radical (unpaired) electrons. The summed E-state index contributed by atoms with van der Waals surface area (Å²) >= 11 is 0. The number of hydrogen-bond acceptors (Lipinski definition) is 5. The molecule has 3 aromatic rings. The molecule has 0 aliphatic heterocycles. The van der Waals surface area contributed by atoms with Gasteiger partial charge in [0.15, 0.2) is 0 Å². The number of anilines is 1. The van der Waals surface area contributed by atoms with Crippen LogP contribution in [0.5, 0.6) is 5.75 Å². The number of carbonyl (C=O) groups excluding carboxylic acids is 2. The third kappa shape index (κ3) is 4.74. The molecule has 0 unspecified atom stereocenters. The lowest BCUT2D eigenvalue weighted by atomic mass is 10.1. The molecule has 0 aliphatic rings. The Morgan fingerprint density at radius 2 is 1.79 bits per heavy atom. The van der Waals surface area contributed by atoms with Crippen molar-refractivity contribution in [3.05, 3.63) is 89.4 Å². The highest BCUT2D eigenvalue weighted by Gasteiger charge is 2.12. The summed E-state index contributed by atoms with van der Waals surface area (Å²) in [5.74, 6) is -0.687. The largest absolute Gasteiger partial charge is 0.457 e. The van der Waals surface area contributed by atoms with Gasteiger partial charge >= 0.3 is 5.97 Å². The fourth-order valence-electron chi connectivity index (χ4n) is 2.33. The first-order valence-corrected chi connectivity index (χ1v) is 8.41. The highest BCUT2D eigenvalue weighted by Crippen LogP contribution is 2.17. The Morgan fingerprint density at radius 1 is 1.07 bits per heavy atom. The standard InChI is InChI=1S/C22H16N2O4/c1-15-4-8-18(9-5-15)24-21(25)17(14-23)13-16-6-10-19(11-7-16)28-22(26)20-3-2-12-27-20/h2-13H,1H3,(H,24,25)/b17-13-. The van der Waals surface area contributed by atoms with Gasteiger partial charge < -0.3 is 14.5 Å². The van der Waals surface area contributed by atoms with Gasteiger partial charge in [0, 0.05) is 5.69 Å². The Labute approximate surface area is 161 Å². The van der Waals surface area contributed by atoms with Crippen LogP contribution in [0.2, 0.25) is 0 Å². The first-order chi connectivity index (χ1) is 13.5. The fraction of sp³-hybridized carbons (Fsp3) is 0.0455. The minimum Gasteiger partial charge on any atom is -0.457 e. The Bertz CT molecular complexity index is 1040. The van der Waals surface area contributed by atoms with Crippen LogP contribution in [0.25, 0.3) is 6.08 Å². The number of hydrogen-bond donors (Lipinski definition) is 1. The van der Waals surface area contributed by atoms with Crippen molar-refractivity contribution >= 4 is 23.6 Å². The van der Waals surface area contributed by atoms with E-state index in [0.717, 1.165) is 5.56 Å². The number of benzene rings is 2. The van der Waals surface area contributed by atoms with Gasteiger partial charge in [0.1, 0.15) is 17.4 Å². The van der Waals surface area contributed by atoms with Crippen molar-refractivity contribution in [3.63, 3.8) is 0 Å². The number of nitriles is 1. The molecule has 3 rings (SSSR count). The second-order valence-corrected chi connectivity index (χ2v) is 5.93. The van der Waals surface area contributed by atoms with Crippen LogP contribution >= 0.6 is 0 Å². The monoisotopic (exact) mass is 372 g/mol. The highest BCUT2D eigenvalue weighted by atomic mass is 16.5. The zero-order valence-electron chi connectivity index (χ0n) is 15.0. The number of nitrogens with zero attached hydrogens (tertiary/aromatic N) is 1. The molecule has 6 nitrogen and oxygen atoms in total. The zero-order valence-corrected chi connectivity index (χ0v) is 15.0. The van der Waals surface area contributed by atoms with Gasteiger partial charge in [-0.05, 0) is 55.0 Å². The highest BCUT2D eigenvalue weighted by molar-refractivity contribution is 6.09. The molecule has 138 valence electrons. The lowest BCUT2D eigenvalue weighted by Gasteiger charge is -2.05. The SMILES string of the molecule is Cc1ccc(NC(=O)/C(C#N)=C\c2ccc(OC(=O)c3ccco3)cc2)cc1. The molecule has 0 fully saturated rings. The quantitative estimate of drug-likeness (QED) is 0.311. The molecule has 0 saturated heterocycles. The molecule has 0 saturated carbocycles.